The maximum absolute atomic E-state index is 12.8. The molecule has 0 heterocycles. The maximum Gasteiger partial charge on any atom is 0.310 e. The first-order valence-electron chi connectivity index (χ1n) is 13.8. The Bertz CT molecular complexity index is 885. The van der Waals surface area contributed by atoms with Crippen LogP contribution in [0.5, 0.6) is 0 Å². The topological polar surface area (TPSA) is 57.5 Å². The largest absolute Gasteiger partial charge is 0.481 e. The van der Waals surface area contributed by atoms with Crippen molar-refractivity contribution in [2.75, 3.05) is 0 Å². The average molecular weight is 457 g/mol. The minimum absolute atomic E-state index is 0.0301. The normalized spacial score (nSPS) is 52.4. The number of carbonyl (C=O) groups is 1. The van der Waals surface area contributed by atoms with Gasteiger partial charge in [0.15, 0.2) is 0 Å². The lowest BCUT2D eigenvalue weighted by molar-refractivity contribution is -0.205. The van der Waals surface area contributed by atoms with E-state index >= 15 is 0 Å². The van der Waals surface area contributed by atoms with E-state index in [0.717, 1.165) is 51.4 Å². The molecule has 5 rings (SSSR count). The van der Waals surface area contributed by atoms with E-state index in [1.54, 1.807) is 0 Å². The average Bonchev–Trinajstić information content (AvgIpc) is 2.71. The number of hydrogen-bond acceptors (Lipinski definition) is 2. The summed E-state index contributed by atoms with van der Waals surface area (Å²) in [4.78, 5) is 12.8. The third-order valence-corrected chi connectivity index (χ3v) is 13.0. The number of fused-ring (bicyclic) bond motifs is 7. The van der Waals surface area contributed by atoms with Gasteiger partial charge in [0, 0.05) is 0 Å². The Balaban J connectivity index is 1.60. The third-order valence-electron chi connectivity index (χ3n) is 13.0. The van der Waals surface area contributed by atoms with Gasteiger partial charge in [-0.1, -0.05) is 60.1 Å². The highest BCUT2D eigenvalue weighted by atomic mass is 16.4. The second kappa shape index (κ2) is 6.89. The fourth-order valence-electron chi connectivity index (χ4n) is 10.6. The van der Waals surface area contributed by atoms with Crippen LogP contribution in [0.1, 0.15) is 113 Å². The van der Waals surface area contributed by atoms with Crippen molar-refractivity contribution in [3.05, 3.63) is 11.6 Å². The van der Waals surface area contributed by atoms with Crippen LogP contribution in [-0.4, -0.2) is 22.3 Å². The van der Waals surface area contributed by atoms with Crippen molar-refractivity contribution in [1.82, 2.24) is 0 Å². The molecule has 0 aliphatic heterocycles. The van der Waals surface area contributed by atoms with E-state index in [-0.39, 0.29) is 39.1 Å². The zero-order chi connectivity index (χ0) is 24.2. The molecule has 0 saturated heterocycles. The van der Waals surface area contributed by atoms with Crippen LogP contribution in [0.2, 0.25) is 0 Å². The monoisotopic (exact) mass is 456 g/mol. The lowest BCUT2D eigenvalue weighted by Gasteiger charge is -2.71. The van der Waals surface area contributed by atoms with Gasteiger partial charge in [0.25, 0.3) is 0 Å². The molecule has 0 aromatic carbocycles. The van der Waals surface area contributed by atoms with Gasteiger partial charge in [0.05, 0.1) is 11.5 Å². The van der Waals surface area contributed by atoms with Gasteiger partial charge < -0.3 is 10.2 Å². The highest BCUT2D eigenvalue weighted by Gasteiger charge is 2.69. The summed E-state index contributed by atoms with van der Waals surface area (Å²) < 4.78 is 0. The summed E-state index contributed by atoms with van der Waals surface area (Å²) in [5.41, 5.74) is 1.68. The second-order valence-electron chi connectivity index (χ2n) is 15.1. The molecular weight excluding hydrogens is 408 g/mol. The Morgan fingerprint density at radius 1 is 0.879 bits per heavy atom. The van der Waals surface area contributed by atoms with Crippen LogP contribution >= 0.6 is 0 Å². The van der Waals surface area contributed by atoms with Crippen LogP contribution in [0.4, 0.5) is 0 Å². The van der Waals surface area contributed by atoms with Crippen molar-refractivity contribution in [2.24, 2.45) is 50.2 Å². The summed E-state index contributed by atoms with van der Waals surface area (Å²) >= 11 is 0. The number of allylic oxidation sites excluding steroid dienone is 2. The van der Waals surface area contributed by atoms with Gasteiger partial charge in [0.2, 0.25) is 0 Å². The highest BCUT2D eigenvalue weighted by Crippen LogP contribution is 2.75. The molecule has 0 radical (unpaired) electrons. The predicted molar refractivity (Wildman–Crippen MR) is 133 cm³/mol. The molecule has 0 aromatic heterocycles. The van der Waals surface area contributed by atoms with Crippen molar-refractivity contribution in [1.29, 1.82) is 0 Å². The second-order valence-corrected chi connectivity index (χ2v) is 15.1. The molecule has 0 bridgehead atoms. The fourth-order valence-corrected chi connectivity index (χ4v) is 10.6. The van der Waals surface area contributed by atoms with Crippen molar-refractivity contribution in [3.8, 4) is 0 Å². The zero-order valence-corrected chi connectivity index (χ0v) is 22.3. The molecule has 4 fully saturated rings. The SMILES string of the molecule is CC1(C)CC[C@]2(C(=O)O)CCC3(C)C(=CCC4C5(C)CC[C@H](O)C(C)(C)C5CCC43C)C2C1. The molecule has 33 heavy (non-hydrogen) atoms. The molecule has 186 valence electrons. The van der Waals surface area contributed by atoms with E-state index in [9.17, 15) is 15.0 Å². The van der Waals surface area contributed by atoms with E-state index in [1.165, 1.54) is 18.4 Å². The first kappa shape index (κ1) is 23.9. The molecule has 6 unspecified atom stereocenters. The molecule has 2 N–H and O–H groups in total. The molecule has 5 aliphatic carbocycles. The van der Waals surface area contributed by atoms with Gasteiger partial charge in [-0.25, -0.2) is 0 Å². The minimum atomic E-state index is -0.553. The lowest BCUT2D eigenvalue weighted by Crippen LogP contribution is -2.65. The highest BCUT2D eigenvalue weighted by molar-refractivity contribution is 5.76. The molecule has 3 heteroatoms. The Morgan fingerprint density at radius 3 is 2.21 bits per heavy atom. The number of rotatable bonds is 1. The van der Waals surface area contributed by atoms with Crippen LogP contribution in [0.3, 0.4) is 0 Å². The summed E-state index contributed by atoms with van der Waals surface area (Å²) in [6.45, 7) is 16.9. The number of aliphatic hydroxyl groups is 1. The standard InChI is InChI=1S/C30H48O3/c1-25(2)14-16-30(24(32)33)17-15-28(6)19(20(30)18-25)8-9-22-27(5)12-11-23(31)26(3,4)21(27)10-13-29(22,28)7/h8,20-23,31H,9-18H2,1-7H3,(H,32,33)/t20?,21?,22?,23-,27?,28?,29?,30-/m0/s1. The number of aliphatic hydroxyl groups excluding tert-OH is 1. The predicted octanol–water partition coefficient (Wildman–Crippen LogP) is 7.23. The zero-order valence-electron chi connectivity index (χ0n) is 22.3. The van der Waals surface area contributed by atoms with Crippen LogP contribution in [-0.2, 0) is 4.79 Å². The van der Waals surface area contributed by atoms with Gasteiger partial charge in [-0.3, -0.25) is 4.79 Å². The number of aliphatic carboxylic acids is 1. The molecule has 0 aromatic rings. The van der Waals surface area contributed by atoms with Crippen LogP contribution in [0.25, 0.3) is 0 Å². The van der Waals surface area contributed by atoms with Crippen LogP contribution in [0, 0.1) is 50.2 Å². The van der Waals surface area contributed by atoms with Crippen molar-refractivity contribution < 1.29 is 15.0 Å². The first-order chi connectivity index (χ1) is 15.1. The van der Waals surface area contributed by atoms with Crippen LogP contribution < -0.4 is 0 Å². The Labute approximate surface area is 201 Å². The van der Waals surface area contributed by atoms with E-state index in [0.29, 0.717) is 11.8 Å². The van der Waals surface area contributed by atoms with E-state index < -0.39 is 11.4 Å². The Hall–Kier alpha value is -0.830. The smallest absolute Gasteiger partial charge is 0.310 e. The van der Waals surface area contributed by atoms with E-state index in [1.807, 2.05) is 0 Å². The number of carboxylic acid groups (broad SMARTS) is 1. The fraction of sp³-hybridized carbons (Fsp3) is 0.900. The Kier molecular flexibility index (Phi) is 4.99. The van der Waals surface area contributed by atoms with Gasteiger partial charge in [0.1, 0.15) is 0 Å². The van der Waals surface area contributed by atoms with E-state index in [2.05, 4.69) is 54.5 Å². The molecule has 8 atom stereocenters. The third kappa shape index (κ3) is 2.87. The Morgan fingerprint density at radius 2 is 1.55 bits per heavy atom. The quantitative estimate of drug-likeness (QED) is 0.409. The maximum atomic E-state index is 12.8. The van der Waals surface area contributed by atoms with Crippen molar-refractivity contribution in [3.63, 3.8) is 0 Å². The lowest BCUT2D eigenvalue weighted by atomic mass is 9.33. The summed E-state index contributed by atoms with van der Waals surface area (Å²) in [5.74, 6) is 0.807. The molecular formula is C30H48O3. The number of hydrogen-bond donors (Lipinski definition) is 2. The minimum Gasteiger partial charge on any atom is -0.481 e. The van der Waals surface area contributed by atoms with Gasteiger partial charge in [-0.15, -0.1) is 0 Å². The summed E-state index contributed by atoms with van der Waals surface area (Å²) in [7, 11) is 0. The van der Waals surface area contributed by atoms with Crippen LogP contribution in [0.15, 0.2) is 11.6 Å². The van der Waals surface area contributed by atoms with Gasteiger partial charge in [-0.2, -0.15) is 0 Å². The van der Waals surface area contributed by atoms with Gasteiger partial charge >= 0.3 is 5.97 Å². The molecule has 4 saturated carbocycles. The molecule has 0 spiro atoms. The van der Waals surface area contributed by atoms with Crippen molar-refractivity contribution >= 4 is 5.97 Å². The first-order valence-corrected chi connectivity index (χ1v) is 13.8. The molecule has 0 amide bonds. The van der Waals surface area contributed by atoms with Gasteiger partial charge in [-0.05, 0) is 109 Å². The molecule has 3 nitrogen and oxygen atoms in total. The summed E-state index contributed by atoms with van der Waals surface area (Å²) in [6, 6.07) is 0. The summed E-state index contributed by atoms with van der Waals surface area (Å²) in [5, 5.41) is 21.4. The van der Waals surface area contributed by atoms with Crippen molar-refractivity contribution in [2.45, 2.75) is 119 Å². The van der Waals surface area contributed by atoms with E-state index in [4.69, 9.17) is 0 Å². The molecule has 5 aliphatic rings. The summed E-state index contributed by atoms with van der Waals surface area (Å²) in [6.07, 6.45) is 12.6. The number of carboxylic acids is 1.